The molecule has 56 heavy (non-hydrogen) atoms. The van der Waals surface area contributed by atoms with Crippen LogP contribution in [0.3, 0.4) is 0 Å². The molecule has 0 amide bonds. The maximum atomic E-state index is 14.9. The van der Waals surface area contributed by atoms with Gasteiger partial charge in [0.25, 0.3) is 0 Å². The van der Waals surface area contributed by atoms with Crippen LogP contribution in [0.4, 0.5) is 29.2 Å². The molecule has 2 aromatic rings. The van der Waals surface area contributed by atoms with E-state index in [9.17, 15) is 46.5 Å². The molecule has 0 aliphatic carbocycles. The number of aromatic nitrogens is 4. The summed E-state index contributed by atoms with van der Waals surface area (Å²) in [6.07, 6.45) is -9.45. The summed E-state index contributed by atoms with van der Waals surface area (Å²) < 4.78 is 116. The summed E-state index contributed by atoms with van der Waals surface area (Å²) in [5.74, 6) is -3.58. The molecule has 26 heteroatoms. The first kappa shape index (κ1) is 47.9. The van der Waals surface area contributed by atoms with Gasteiger partial charge in [-0.3, -0.25) is 18.3 Å². The number of nitrogens with two attached hydrogens (primary N) is 2. The number of anilines is 2. The molecule has 0 aromatic carbocycles. The van der Waals surface area contributed by atoms with E-state index in [0.29, 0.717) is 6.08 Å². The van der Waals surface area contributed by atoms with Crippen molar-refractivity contribution in [2.24, 2.45) is 0 Å². The Hall–Kier alpha value is -2.46. The van der Waals surface area contributed by atoms with Gasteiger partial charge < -0.3 is 49.2 Å². The summed E-state index contributed by atoms with van der Waals surface area (Å²) >= 11 is 11.7. The number of nitrogens with zero attached hydrogens (tertiary/aromatic N) is 4. The predicted molar refractivity (Wildman–Crippen MR) is 195 cm³/mol. The molecule has 18 nitrogen and oxygen atoms in total. The number of aliphatic hydroxyl groups is 2. The van der Waals surface area contributed by atoms with Gasteiger partial charge >= 0.3 is 26.6 Å². The van der Waals surface area contributed by atoms with Crippen molar-refractivity contribution in [3.05, 3.63) is 57.1 Å². The number of hydrogen-bond acceptors (Lipinski definition) is 16. The Morgan fingerprint density at radius 2 is 1.32 bits per heavy atom. The predicted octanol–water partition coefficient (Wildman–Crippen LogP) is 4.09. The molecule has 2 aromatic heterocycles. The Balaban J connectivity index is 0.000000300. The standard InChI is InChI=1S/C15H23ClF2N3O6P.C15H21ClF2N3O6P/c2*1-3-25-28(24,26-4-2)9(17)7-15(8-16)12(22)11(18)13(27-15)21-6-5-10(19)20-14(21)23/h5-6,9,11-13,22H,3-4,7-8H2,1-2H3,(H2,19,20,23);5-7,11-13,22H,3-4,8H2,1-2H3,(H2,19,20,23)/b;9-7-/t9?,11-,12+,13-,15+;11-,12+,13-,15+/m11/s1. The highest BCUT2D eigenvalue weighted by atomic mass is 35.5. The normalized spacial score (nSPS) is 28.9. The quantitative estimate of drug-likeness (QED) is 0.0992. The highest BCUT2D eigenvalue weighted by molar-refractivity contribution is 7.58. The molecule has 318 valence electrons. The Morgan fingerprint density at radius 1 is 0.875 bits per heavy atom. The second-order valence-corrected chi connectivity index (χ2v) is 16.6. The van der Waals surface area contributed by atoms with E-state index in [0.717, 1.165) is 21.5 Å². The van der Waals surface area contributed by atoms with Gasteiger partial charge in [0.15, 0.2) is 24.8 Å². The number of halogens is 6. The van der Waals surface area contributed by atoms with Crippen molar-refractivity contribution in [3.8, 4) is 0 Å². The minimum absolute atomic E-state index is 0.0861. The lowest BCUT2D eigenvalue weighted by molar-refractivity contribution is -0.101. The SMILES string of the molecule is CCOP(=O)(OCC)/C(F)=C\[C@@]1(CCl)O[C@@H](n2ccc(N)nc2=O)[C@H](F)[C@@H]1O.CCOP(=O)(OCC)C(F)C[C@@]1(CCl)O[C@@H](n2ccc(N)nc2=O)[C@H](F)[C@@H]1O. The molecule has 4 rings (SSSR count). The molecule has 0 radical (unpaired) electrons. The van der Waals surface area contributed by atoms with Crippen LogP contribution in [0.1, 0.15) is 46.6 Å². The third-order valence-corrected chi connectivity index (χ3v) is 13.1. The number of hydrogen-bond donors (Lipinski definition) is 4. The van der Waals surface area contributed by atoms with Gasteiger partial charge in [0.1, 0.15) is 35.0 Å². The van der Waals surface area contributed by atoms with E-state index < -0.39 is 104 Å². The van der Waals surface area contributed by atoms with Crippen molar-refractivity contribution in [1.29, 1.82) is 0 Å². The van der Waals surface area contributed by atoms with E-state index in [-0.39, 0.29) is 38.1 Å². The molecule has 0 saturated carbocycles. The Morgan fingerprint density at radius 3 is 1.73 bits per heavy atom. The summed E-state index contributed by atoms with van der Waals surface area (Å²) in [6, 6.07) is 2.46. The maximum absolute atomic E-state index is 14.9. The minimum Gasteiger partial charge on any atom is -0.387 e. The number of ether oxygens (including phenoxy) is 2. The van der Waals surface area contributed by atoms with Crippen LogP contribution in [0.25, 0.3) is 0 Å². The van der Waals surface area contributed by atoms with Crippen LogP contribution in [-0.4, -0.2) is 109 Å². The molecule has 2 aliphatic rings. The lowest BCUT2D eigenvalue weighted by atomic mass is 9.94. The fraction of sp³-hybridized carbons (Fsp3) is 0.667. The van der Waals surface area contributed by atoms with Gasteiger partial charge in [-0.15, -0.1) is 23.2 Å². The Labute approximate surface area is 328 Å². The lowest BCUT2D eigenvalue weighted by Crippen LogP contribution is -2.46. The second-order valence-electron chi connectivity index (χ2n) is 12.0. The molecule has 0 spiro atoms. The number of alkyl halides is 5. The van der Waals surface area contributed by atoms with Gasteiger partial charge in [0, 0.05) is 18.8 Å². The molecular formula is C30H44Cl2F4N6O12P2. The Bertz CT molecular complexity index is 1870. The van der Waals surface area contributed by atoms with E-state index in [4.69, 9.17) is 62.2 Å². The zero-order valence-corrected chi connectivity index (χ0v) is 33.8. The molecule has 4 heterocycles. The van der Waals surface area contributed by atoms with Crippen molar-refractivity contribution >= 4 is 50.0 Å². The van der Waals surface area contributed by atoms with Gasteiger partial charge in [-0.25, -0.2) is 22.8 Å². The first-order chi connectivity index (χ1) is 26.3. The number of aliphatic hydroxyl groups excluding tert-OH is 2. The van der Waals surface area contributed by atoms with Crippen LogP contribution >= 0.6 is 38.4 Å². The zero-order valence-electron chi connectivity index (χ0n) is 30.5. The monoisotopic (exact) mass is 888 g/mol. The Kier molecular flexibility index (Phi) is 17.1. The van der Waals surface area contributed by atoms with Crippen molar-refractivity contribution in [2.75, 3.05) is 49.7 Å². The van der Waals surface area contributed by atoms with Crippen LogP contribution in [0.15, 0.2) is 45.8 Å². The molecular weight excluding hydrogens is 845 g/mol. The first-order valence-corrected chi connectivity index (χ1v) is 21.1. The van der Waals surface area contributed by atoms with Crippen LogP contribution in [0.2, 0.25) is 0 Å². The topological polar surface area (TPSA) is 252 Å². The van der Waals surface area contributed by atoms with Crippen molar-refractivity contribution in [1.82, 2.24) is 19.1 Å². The number of nitrogen functional groups attached to an aromatic ring is 2. The van der Waals surface area contributed by atoms with Crippen LogP contribution in [0.5, 0.6) is 0 Å². The molecule has 9 atom stereocenters. The summed E-state index contributed by atoms with van der Waals surface area (Å²) in [5, 5.41) is 20.7. The molecule has 1 unspecified atom stereocenters. The van der Waals surface area contributed by atoms with E-state index in [1.807, 2.05) is 0 Å². The number of rotatable bonds is 17. The van der Waals surface area contributed by atoms with E-state index in [1.165, 1.54) is 39.8 Å². The fourth-order valence-electron chi connectivity index (χ4n) is 5.61. The molecule has 0 bridgehead atoms. The van der Waals surface area contributed by atoms with E-state index in [2.05, 4.69) is 9.97 Å². The van der Waals surface area contributed by atoms with Crippen LogP contribution < -0.4 is 22.8 Å². The highest BCUT2D eigenvalue weighted by Crippen LogP contribution is 2.59. The van der Waals surface area contributed by atoms with Crippen LogP contribution in [0, 0.1) is 0 Å². The second kappa shape index (κ2) is 20.0. The summed E-state index contributed by atoms with van der Waals surface area (Å²) in [4.78, 5) is 30.9. The first-order valence-electron chi connectivity index (χ1n) is 16.9. The third kappa shape index (κ3) is 10.2. The average molecular weight is 890 g/mol. The third-order valence-electron chi connectivity index (χ3n) is 8.27. The molecule has 2 fully saturated rings. The summed E-state index contributed by atoms with van der Waals surface area (Å²) in [6.45, 7) is 5.53. The zero-order chi connectivity index (χ0) is 42.2. The van der Waals surface area contributed by atoms with Gasteiger partial charge in [-0.1, -0.05) is 0 Å². The molecule has 2 aliphatic heterocycles. The smallest absolute Gasteiger partial charge is 0.387 e. The van der Waals surface area contributed by atoms with Crippen molar-refractivity contribution in [3.63, 3.8) is 0 Å². The van der Waals surface area contributed by atoms with Crippen molar-refractivity contribution in [2.45, 2.75) is 88.2 Å². The van der Waals surface area contributed by atoms with E-state index >= 15 is 0 Å². The highest BCUT2D eigenvalue weighted by Gasteiger charge is 2.59. The maximum Gasteiger partial charge on any atom is 0.389 e. The lowest BCUT2D eigenvalue weighted by Gasteiger charge is -2.32. The minimum atomic E-state index is -4.35. The van der Waals surface area contributed by atoms with Crippen molar-refractivity contribution < 1.29 is 64.5 Å². The van der Waals surface area contributed by atoms with Gasteiger partial charge in [-0.05, 0) is 45.9 Å². The summed E-state index contributed by atoms with van der Waals surface area (Å²) in [5.41, 5.74) is 3.42. The largest absolute Gasteiger partial charge is 0.389 e. The van der Waals surface area contributed by atoms with Gasteiger partial charge in [0.2, 0.25) is 11.5 Å². The molecule has 2 saturated heterocycles. The van der Waals surface area contributed by atoms with Gasteiger partial charge in [-0.2, -0.15) is 14.4 Å². The molecule has 6 N–H and O–H groups in total. The van der Waals surface area contributed by atoms with E-state index in [1.54, 1.807) is 0 Å². The van der Waals surface area contributed by atoms with Gasteiger partial charge in [0.05, 0.1) is 38.2 Å². The average Bonchev–Trinajstić information content (AvgIpc) is 3.53. The summed E-state index contributed by atoms with van der Waals surface area (Å²) in [7, 11) is -8.56. The fourth-order valence-corrected chi connectivity index (χ4v) is 9.26. The van der Waals surface area contributed by atoms with Crippen LogP contribution in [-0.2, 0) is 36.7 Å².